The van der Waals surface area contributed by atoms with E-state index in [-0.39, 0.29) is 0 Å². The van der Waals surface area contributed by atoms with E-state index in [4.69, 9.17) is 0 Å². The van der Waals surface area contributed by atoms with Crippen molar-refractivity contribution in [2.45, 2.75) is 22.2 Å². The van der Waals surface area contributed by atoms with Crippen molar-refractivity contribution in [3.63, 3.8) is 0 Å². The highest BCUT2D eigenvalue weighted by molar-refractivity contribution is 8.12. The lowest BCUT2D eigenvalue weighted by molar-refractivity contribution is -0.305. The highest BCUT2D eigenvalue weighted by atomic mass is 32.3. The maximum Gasteiger partial charge on any atom is 0.445 e. The third-order valence-corrected chi connectivity index (χ3v) is 6.33. The highest BCUT2D eigenvalue weighted by Crippen LogP contribution is 2.52. The molecule has 0 saturated heterocycles. The summed E-state index contributed by atoms with van der Waals surface area (Å²) in [5.74, 6) is -15.9. The van der Waals surface area contributed by atoms with Crippen LogP contribution in [0.4, 0.5) is 52.7 Å². The van der Waals surface area contributed by atoms with Crippen LogP contribution in [-0.4, -0.2) is 34.2 Å². The summed E-state index contributed by atoms with van der Waals surface area (Å²) in [6.45, 7) is 0. The number of hydrogen-bond acceptors (Lipinski definition) is 4. The quantitative estimate of drug-likeness (QED) is 0.377. The molecule has 0 radical (unpaired) electrons. The van der Waals surface area contributed by atoms with Crippen molar-refractivity contribution in [2.24, 2.45) is 0 Å². The van der Waals surface area contributed by atoms with Crippen molar-refractivity contribution in [1.82, 2.24) is 0 Å². The van der Waals surface area contributed by atoms with Gasteiger partial charge < -0.3 is 4.13 Å². The molecule has 0 aliphatic heterocycles. The van der Waals surface area contributed by atoms with E-state index in [1.165, 1.54) is 0 Å². The molecule has 1 rings (SSSR count). The van der Waals surface area contributed by atoms with Crippen LogP contribution < -0.4 is 0 Å². The van der Waals surface area contributed by atoms with Crippen LogP contribution in [0, 0.1) is 29.1 Å². The van der Waals surface area contributed by atoms with Gasteiger partial charge in [-0.15, -0.1) is 0 Å². The summed E-state index contributed by atoms with van der Waals surface area (Å²) in [6.07, 6.45) is -14.8. The fraction of sp³-hybridized carbons (Fsp3) is 0.333. The first-order valence-corrected chi connectivity index (χ1v) is 8.59. The van der Waals surface area contributed by atoms with Crippen LogP contribution in [0.25, 0.3) is 4.13 Å². The largest absolute Gasteiger partial charge is 0.445 e. The SMILES string of the molecule is O=S(=O)([N-]S(=O)(=O)C(F)(C(F)(F)F)C(F)(F)F)c1c(F)c(F)c(F)c(F)c1F. The molecule has 162 valence electrons. The summed E-state index contributed by atoms with van der Waals surface area (Å²) in [7, 11) is -15.0. The van der Waals surface area contributed by atoms with E-state index in [1.54, 1.807) is 0 Å². The summed E-state index contributed by atoms with van der Waals surface area (Å²) in [5, 5.41) is -7.40. The zero-order chi connectivity index (χ0) is 22.7. The van der Waals surface area contributed by atoms with Crippen LogP contribution in [0.1, 0.15) is 0 Å². The summed E-state index contributed by atoms with van der Waals surface area (Å²) < 4.78 is 199. The highest BCUT2D eigenvalue weighted by Gasteiger charge is 2.78. The molecule has 0 atom stereocenters. The minimum Gasteiger partial charge on any atom is -0.428 e. The third kappa shape index (κ3) is 3.49. The fourth-order valence-corrected chi connectivity index (χ4v) is 4.44. The molecule has 0 saturated carbocycles. The molecular formula is C9F12NO4S2-. The molecule has 1 aromatic rings. The molecule has 0 aromatic heterocycles. The first kappa shape index (κ1) is 24.3. The summed E-state index contributed by atoms with van der Waals surface area (Å²) in [4.78, 5) is -3.22. The first-order chi connectivity index (χ1) is 12.1. The Bertz CT molecular complexity index is 968. The summed E-state index contributed by atoms with van der Waals surface area (Å²) in [5.41, 5.74) is 0. The molecule has 5 nitrogen and oxygen atoms in total. The van der Waals surface area contributed by atoms with Gasteiger partial charge in [0, 0.05) is 0 Å². The van der Waals surface area contributed by atoms with Gasteiger partial charge in [-0.25, -0.2) is 43.2 Å². The van der Waals surface area contributed by atoms with Gasteiger partial charge in [0.05, 0.1) is 0 Å². The van der Waals surface area contributed by atoms with Crippen LogP contribution in [-0.2, 0) is 20.0 Å². The molecule has 0 aliphatic rings. The molecule has 0 amide bonds. The Morgan fingerprint density at radius 2 is 0.857 bits per heavy atom. The molecule has 0 spiro atoms. The molecule has 0 unspecified atom stereocenters. The summed E-state index contributed by atoms with van der Waals surface area (Å²) in [6, 6.07) is 0. The lowest BCUT2D eigenvalue weighted by atomic mass is 10.3. The standard InChI is InChI=1S/C9F12NO4S2/c10-1-2(11)4(13)6(5(14)3(1)12)27(23,24)22-28(25,26)7(15,8(16,17)18)9(19,20)21/q-1. The van der Waals surface area contributed by atoms with E-state index in [0.717, 1.165) is 4.13 Å². The smallest absolute Gasteiger partial charge is 0.428 e. The van der Waals surface area contributed by atoms with Crippen LogP contribution in [0.5, 0.6) is 0 Å². The average molecular weight is 478 g/mol. The van der Waals surface area contributed by atoms with Gasteiger partial charge in [0.2, 0.25) is 5.82 Å². The van der Waals surface area contributed by atoms with E-state index >= 15 is 0 Å². The van der Waals surface area contributed by atoms with Gasteiger partial charge in [-0.3, -0.25) is 0 Å². The molecule has 19 heteroatoms. The van der Waals surface area contributed by atoms with Crippen molar-refractivity contribution in [2.75, 3.05) is 0 Å². The zero-order valence-corrected chi connectivity index (χ0v) is 13.6. The molecule has 1 aromatic carbocycles. The monoisotopic (exact) mass is 478 g/mol. The molecule has 0 N–H and O–H groups in total. The van der Waals surface area contributed by atoms with E-state index < -0.39 is 71.4 Å². The van der Waals surface area contributed by atoms with Crippen molar-refractivity contribution in [3.8, 4) is 0 Å². The summed E-state index contributed by atoms with van der Waals surface area (Å²) >= 11 is 0. The maximum atomic E-state index is 13.5. The van der Waals surface area contributed by atoms with Crippen molar-refractivity contribution >= 4 is 20.0 Å². The van der Waals surface area contributed by atoms with Crippen LogP contribution in [0.15, 0.2) is 4.90 Å². The molecular weight excluding hydrogens is 478 g/mol. The molecule has 0 heterocycles. The molecule has 28 heavy (non-hydrogen) atoms. The van der Waals surface area contributed by atoms with Gasteiger partial charge in [-0.2, -0.15) is 26.3 Å². The van der Waals surface area contributed by atoms with Crippen LogP contribution in [0.3, 0.4) is 0 Å². The van der Waals surface area contributed by atoms with Gasteiger partial charge in [-0.1, -0.05) is 0 Å². The Hall–Kier alpha value is -1.76. The number of rotatable bonds is 4. The lowest BCUT2D eigenvalue weighted by Gasteiger charge is -2.35. The average Bonchev–Trinajstić information content (AvgIpc) is 2.46. The van der Waals surface area contributed by atoms with Crippen molar-refractivity contribution in [3.05, 3.63) is 33.2 Å². The number of benzene rings is 1. The minimum atomic E-state index is -7.96. The molecule has 0 bridgehead atoms. The fourth-order valence-electron chi connectivity index (χ4n) is 1.48. The number of hydrogen-bond donors (Lipinski definition) is 0. The minimum absolute atomic E-state index is 0.843. The Kier molecular flexibility index (Phi) is 5.76. The first-order valence-electron chi connectivity index (χ1n) is 5.71. The Balaban J connectivity index is 3.78. The predicted octanol–water partition coefficient (Wildman–Crippen LogP) is 3.56. The topological polar surface area (TPSA) is 82.4 Å². The van der Waals surface area contributed by atoms with Gasteiger partial charge >= 0.3 is 17.4 Å². The second-order valence-electron chi connectivity index (χ2n) is 4.51. The lowest BCUT2D eigenvalue weighted by Crippen LogP contribution is -2.58. The number of halogens is 12. The Morgan fingerprint density at radius 1 is 0.571 bits per heavy atom. The van der Waals surface area contributed by atoms with Crippen LogP contribution >= 0.6 is 0 Å². The van der Waals surface area contributed by atoms with E-state index in [1.807, 2.05) is 0 Å². The normalized spacial score (nSPS) is 14.4. The van der Waals surface area contributed by atoms with E-state index in [0.29, 0.717) is 0 Å². The predicted molar refractivity (Wildman–Crippen MR) is 61.6 cm³/mol. The Morgan fingerprint density at radius 3 is 1.14 bits per heavy atom. The molecule has 0 fully saturated rings. The van der Waals surface area contributed by atoms with Gasteiger partial charge in [-0.05, 0) is 0 Å². The van der Waals surface area contributed by atoms with Gasteiger partial charge in [0.15, 0.2) is 23.3 Å². The second kappa shape index (κ2) is 6.65. The van der Waals surface area contributed by atoms with Gasteiger partial charge in [0.25, 0.3) is 0 Å². The van der Waals surface area contributed by atoms with Gasteiger partial charge in [0.1, 0.15) is 24.9 Å². The van der Waals surface area contributed by atoms with Crippen molar-refractivity contribution in [1.29, 1.82) is 0 Å². The number of sulfonamides is 2. The zero-order valence-electron chi connectivity index (χ0n) is 11.9. The number of alkyl halides is 7. The maximum absolute atomic E-state index is 13.5. The molecule has 0 aliphatic carbocycles. The van der Waals surface area contributed by atoms with E-state index in [2.05, 4.69) is 0 Å². The second-order valence-corrected chi connectivity index (χ2v) is 7.98. The van der Waals surface area contributed by atoms with E-state index in [9.17, 15) is 69.5 Å². The third-order valence-electron chi connectivity index (χ3n) is 2.71. The number of nitrogens with zero attached hydrogens (tertiary/aromatic N) is 1. The Labute approximate surface area is 146 Å². The van der Waals surface area contributed by atoms with Crippen molar-refractivity contribution < 1.29 is 69.5 Å². The van der Waals surface area contributed by atoms with Crippen LogP contribution in [0.2, 0.25) is 0 Å².